The van der Waals surface area contributed by atoms with Crippen LogP contribution in [0.15, 0.2) is 48.8 Å². The van der Waals surface area contributed by atoms with Gasteiger partial charge in [0.05, 0.1) is 6.10 Å². The van der Waals surface area contributed by atoms with Crippen LogP contribution in [0.3, 0.4) is 0 Å². The van der Waals surface area contributed by atoms with Gasteiger partial charge in [0.25, 0.3) is 5.91 Å². The molecule has 0 bridgehead atoms. The molecule has 1 aliphatic carbocycles. The molecule has 0 unspecified atom stereocenters. The normalized spacial score (nSPS) is 22.5. The molecule has 5 nitrogen and oxygen atoms in total. The number of hydrogen-bond donors (Lipinski definition) is 0. The molecule has 0 saturated carbocycles. The number of carbonyl (C=O) groups excluding carboxylic acids is 1. The first kappa shape index (κ1) is 20.7. The van der Waals surface area contributed by atoms with E-state index in [0.717, 1.165) is 44.6 Å². The molecule has 3 aliphatic rings. The van der Waals surface area contributed by atoms with Gasteiger partial charge in [0.1, 0.15) is 0 Å². The van der Waals surface area contributed by atoms with Crippen LogP contribution < -0.4 is 0 Å². The Morgan fingerprint density at radius 2 is 1.71 bits per heavy atom. The zero-order chi connectivity index (χ0) is 21.0. The molecule has 31 heavy (non-hydrogen) atoms. The topological polar surface area (TPSA) is 45.7 Å². The number of hydrogen-bond acceptors (Lipinski definition) is 4. The molecular weight excluding hydrogens is 386 g/mol. The number of ether oxygens (including phenoxy) is 1. The van der Waals surface area contributed by atoms with E-state index in [1.165, 1.54) is 36.8 Å². The molecule has 1 aromatic heterocycles. The molecule has 164 valence electrons. The number of benzene rings is 1. The predicted molar refractivity (Wildman–Crippen MR) is 121 cm³/mol. The van der Waals surface area contributed by atoms with E-state index < -0.39 is 0 Å². The number of fused-ring (bicyclic) bond motifs is 1. The Labute approximate surface area is 185 Å². The molecule has 5 heteroatoms. The van der Waals surface area contributed by atoms with Crippen molar-refractivity contribution in [2.75, 3.05) is 32.8 Å². The minimum atomic E-state index is 0.117. The average molecular weight is 420 g/mol. The van der Waals surface area contributed by atoms with Gasteiger partial charge in [-0.05, 0) is 80.8 Å². The molecule has 0 spiro atoms. The Bertz CT molecular complexity index is 848. The van der Waals surface area contributed by atoms with Gasteiger partial charge >= 0.3 is 0 Å². The Balaban J connectivity index is 1.19. The summed E-state index contributed by atoms with van der Waals surface area (Å²) in [6.45, 7) is 4.64. The van der Waals surface area contributed by atoms with Crippen molar-refractivity contribution in [3.63, 3.8) is 0 Å². The van der Waals surface area contributed by atoms with Crippen LogP contribution in [-0.2, 0) is 17.6 Å². The Morgan fingerprint density at radius 3 is 2.35 bits per heavy atom. The maximum atomic E-state index is 13.2. The molecule has 0 radical (unpaired) electrons. The number of rotatable bonds is 6. The summed E-state index contributed by atoms with van der Waals surface area (Å²) in [5.41, 5.74) is 3.79. The van der Waals surface area contributed by atoms with Gasteiger partial charge in [-0.2, -0.15) is 0 Å². The van der Waals surface area contributed by atoms with Crippen LogP contribution in [0.25, 0.3) is 0 Å². The summed E-state index contributed by atoms with van der Waals surface area (Å²) in [6, 6.07) is 13.2. The fraction of sp³-hybridized carbons (Fsp3) is 0.538. The SMILES string of the molecule is O=C(c1ccncc1)N(CC1CCN(C2Cc3ccccc3C2)CC1)C[C@@H]1CCCO1. The highest BCUT2D eigenvalue weighted by Crippen LogP contribution is 2.29. The quantitative estimate of drug-likeness (QED) is 0.718. The minimum absolute atomic E-state index is 0.117. The van der Waals surface area contributed by atoms with E-state index in [-0.39, 0.29) is 12.0 Å². The second kappa shape index (κ2) is 9.49. The lowest BCUT2D eigenvalue weighted by molar-refractivity contribution is 0.0430. The number of pyridine rings is 1. The van der Waals surface area contributed by atoms with Crippen LogP contribution in [0.2, 0.25) is 0 Å². The van der Waals surface area contributed by atoms with Crippen LogP contribution in [-0.4, -0.2) is 65.6 Å². The van der Waals surface area contributed by atoms with Crippen molar-refractivity contribution in [1.29, 1.82) is 0 Å². The van der Waals surface area contributed by atoms with Crippen molar-refractivity contribution in [1.82, 2.24) is 14.8 Å². The molecule has 2 aliphatic heterocycles. The fourth-order valence-electron chi connectivity index (χ4n) is 5.56. The second-order valence-corrected chi connectivity index (χ2v) is 9.39. The summed E-state index contributed by atoms with van der Waals surface area (Å²) in [5.74, 6) is 0.679. The monoisotopic (exact) mass is 419 g/mol. The third kappa shape index (κ3) is 4.83. The first-order valence-corrected chi connectivity index (χ1v) is 11.9. The first-order chi connectivity index (χ1) is 15.3. The van der Waals surface area contributed by atoms with Crippen LogP contribution in [0.5, 0.6) is 0 Å². The number of carbonyl (C=O) groups is 1. The summed E-state index contributed by atoms with van der Waals surface area (Å²) in [4.78, 5) is 22.0. The Kier molecular flexibility index (Phi) is 6.32. The van der Waals surface area contributed by atoms with Crippen molar-refractivity contribution in [2.24, 2.45) is 5.92 Å². The van der Waals surface area contributed by atoms with Crippen molar-refractivity contribution in [3.05, 3.63) is 65.5 Å². The van der Waals surface area contributed by atoms with Crippen molar-refractivity contribution >= 4 is 5.91 Å². The summed E-state index contributed by atoms with van der Waals surface area (Å²) < 4.78 is 5.86. The molecule has 3 heterocycles. The lowest BCUT2D eigenvalue weighted by atomic mass is 9.94. The third-order valence-corrected chi connectivity index (χ3v) is 7.34. The molecule has 2 aromatic rings. The highest BCUT2D eigenvalue weighted by molar-refractivity contribution is 5.94. The van der Waals surface area contributed by atoms with Crippen molar-refractivity contribution < 1.29 is 9.53 Å². The Morgan fingerprint density at radius 1 is 1.00 bits per heavy atom. The van der Waals surface area contributed by atoms with Crippen molar-refractivity contribution in [2.45, 2.75) is 50.7 Å². The fourth-order valence-corrected chi connectivity index (χ4v) is 5.56. The van der Waals surface area contributed by atoms with Crippen LogP contribution >= 0.6 is 0 Å². The van der Waals surface area contributed by atoms with Crippen molar-refractivity contribution in [3.8, 4) is 0 Å². The van der Waals surface area contributed by atoms with Gasteiger partial charge < -0.3 is 9.64 Å². The van der Waals surface area contributed by atoms with E-state index in [2.05, 4.69) is 39.0 Å². The van der Waals surface area contributed by atoms with E-state index in [0.29, 0.717) is 18.5 Å². The summed E-state index contributed by atoms with van der Waals surface area (Å²) in [5, 5.41) is 0. The number of piperidine rings is 1. The highest BCUT2D eigenvalue weighted by Gasteiger charge is 2.32. The first-order valence-electron chi connectivity index (χ1n) is 11.9. The molecule has 0 N–H and O–H groups in total. The molecule has 2 saturated heterocycles. The smallest absolute Gasteiger partial charge is 0.254 e. The molecule has 5 rings (SSSR count). The number of likely N-dealkylation sites (tertiary alicyclic amines) is 1. The van der Waals surface area contributed by atoms with Crippen LogP contribution in [0.1, 0.15) is 47.2 Å². The molecular formula is C26H33N3O2. The zero-order valence-corrected chi connectivity index (χ0v) is 18.3. The van der Waals surface area contributed by atoms with Crippen LogP contribution in [0.4, 0.5) is 0 Å². The summed E-state index contributed by atoms with van der Waals surface area (Å²) in [6.07, 6.45) is 10.5. The number of amides is 1. The van der Waals surface area contributed by atoms with Gasteiger partial charge in [0, 0.05) is 43.7 Å². The highest BCUT2D eigenvalue weighted by atomic mass is 16.5. The van der Waals surface area contributed by atoms with Gasteiger partial charge in [-0.15, -0.1) is 0 Å². The van der Waals surface area contributed by atoms with Gasteiger partial charge in [0.2, 0.25) is 0 Å². The average Bonchev–Trinajstić information content (AvgIpc) is 3.49. The second-order valence-electron chi connectivity index (χ2n) is 9.39. The predicted octanol–water partition coefficient (Wildman–Crippen LogP) is 3.58. The lowest BCUT2D eigenvalue weighted by Gasteiger charge is -2.38. The number of aromatic nitrogens is 1. The van der Waals surface area contributed by atoms with Gasteiger partial charge in [0.15, 0.2) is 0 Å². The van der Waals surface area contributed by atoms with Gasteiger partial charge in [-0.25, -0.2) is 0 Å². The van der Waals surface area contributed by atoms with Gasteiger partial charge in [-0.1, -0.05) is 24.3 Å². The van der Waals surface area contributed by atoms with E-state index in [4.69, 9.17) is 4.74 Å². The summed E-state index contributed by atoms with van der Waals surface area (Å²) in [7, 11) is 0. The molecule has 1 aromatic carbocycles. The largest absolute Gasteiger partial charge is 0.376 e. The summed E-state index contributed by atoms with van der Waals surface area (Å²) >= 11 is 0. The van der Waals surface area contributed by atoms with E-state index in [1.807, 2.05) is 12.1 Å². The molecule has 1 amide bonds. The maximum Gasteiger partial charge on any atom is 0.254 e. The molecule has 2 fully saturated rings. The lowest BCUT2D eigenvalue weighted by Crippen LogP contribution is -2.46. The number of nitrogens with zero attached hydrogens (tertiary/aromatic N) is 3. The van der Waals surface area contributed by atoms with Crippen LogP contribution in [0, 0.1) is 5.92 Å². The minimum Gasteiger partial charge on any atom is -0.376 e. The molecule has 1 atom stereocenters. The zero-order valence-electron chi connectivity index (χ0n) is 18.3. The third-order valence-electron chi connectivity index (χ3n) is 7.34. The van der Waals surface area contributed by atoms with E-state index >= 15 is 0 Å². The maximum absolute atomic E-state index is 13.2. The standard InChI is InChI=1S/C26H33N3O2/c30-26(21-7-11-27-12-8-21)29(19-25-6-3-15-31-25)18-20-9-13-28(14-10-20)24-16-22-4-1-2-5-23(22)17-24/h1-2,4-5,7-8,11-12,20,24-25H,3,6,9-10,13-19H2/t25-/m0/s1. The van der Waals surface area contributed by atoms with Gasteiger partial charge in [-0.3, -0.25) is 14.7 Å². The van der Waals surface area contributed by atoms with E-state index in [1.54, 1.807) is 12.4 Å². The Hall–Kier alpha value is -2.24. The van der Waals surface area contributed by atoms with E-state index in [9.17, 15) is 4.79 Å².